The van der Waals surface area contributed by atoms with E-state index in [2.05, 4.69) is 5.32 Å². The van der Waals surface area contributed by atoms with E-state index in [1.807, 2.05) is 13.8 Å². The summed E-state index contributed by atoms with van der Waals surface area (Å²) >= 11 is 0. The van der Waals surface area contributed by atoms with Crippen LogP contribution >= 0.6 is 0 Å². The van der Waals surface area contributed by atoms with Crippen LogP contribution in [0.4, 0.5) is 11.4 Å². The Bertz CT molecular complexity index is 569. The first-order chi connectivity index (χ1) is 8.71. The van der Waals surface area contributed by atoms with Gasteiger partial charge in [0.05, 0.1) is 9.82 Å². The molecule has 0 aromatic heterocycles. The van der Waals surface area contributed by atoms with E-state index in [1.54, 1.807) is 0 Å². The van der Waals surface area contributed by atoms with Crippen molar-refractivity contribution in [2.75, 3.05) is 11.9 Å². The van der Waals surface area contributed by atoms with Gasteiger partial charge in [0.15, 0.2) is 0 Å². The predicted octanol–water partition coefficient (Wildman–Crippen LogP) is 1.70. The second kappa shape index (κ2) is 5.98. The largest absolute Gasteiger partial charge is 0.379 e. The third-order valence-electron chi connectivity index (χ3n) is 2.53. The summed E-state index contributed by atoms with van der Waals surface area (Å²) in [7, 11) is -3.94. The first-order valence-corrected chi connectivity index (χ1v) is 7.31. The average Bonchev–Trinajstić information content (AvgIpc) is 2.27. The molecule has 0 aliphatic rings. The van der Waals surface area contributed by atoms with E-state index in [0.717, 1.165) is 12.5 Å². The van der Waals surface area contributed by atoms with Crippen LogP contribution in [0.5, 0.6) is 0 Å². The van der Waals surface area contributed by atoms with Crippen LogP contribution in [0.15, 0.2) is 23.1 Å². The molecule has 0 atom stereocenters. The fraction of sp³-hybridized carbons (Fsp3) is 0.455. The number of nitro groups is 1. The van der Waals surface area contributed by atoms with Gasteiger partial charge in [-0.15, -0.1) is 0 Å². The molecule has 3 N–H and O–H groups in total. The van der Waals surface area contributed by atoms with Gasteiger partial charge in [0.25, 0.3) is 5.69 Å². The Balaban J connectivity index is 3.02. The minimum absolute atomic E-state index is 0.270. The van der Waals surface area contributed by atoms with E-state index in [4.69, 9.17) is 5.14 Å². The second-order valence-corrected chi connectivity index (χ2v) is 6.15. The van der Waals surface area contributed by atoms with Crippen LogP contribution in [0.25, 0.3) is 0 Å². The maximum absolute atomic E-state index is 11.2. The van der Waals surface area contributed by atoms with Crippen molar-refractivity contribution in [2.24, 2.45) is 11.1 Å². The number of nitro benzene ring substituents is 1. The Hall–Kier alpha value is -1.67. The van der Waals surface area contributed by atoms with Gasteiger partial charge in [-0.05, 0) is 24.5 Å². The molecule has 7 nitrogen and oxygen atoms in total. The van der Waals surface area contributed by atoms with Crippen molar-refractivity contribution in [3.05, 3.63) is 28.3 Å². The number of primary sulfonamides is 1. The van der Waals surface area contributed by atoms with Crippen LogP contribution in [-0.2, 0) is 10.0 Å². The lowest BCUT2D eigenvalue weighted by Gasteiger charge is -2.09. The molecule has 8 heteroatoms. The number of hydrogen-bond acceptors (Lipinski definition) is 5. The number of anilines is 1. The Morgan fingerprint density at radius 1 is 1.42 bits per heavy atom. The third kappa shape index (κ3) is 4.49. The lowest BCUT2D eigenvalue weighted by molar-refractivity contribution is -0.384. The fourth-order valence-electron chi connectivity index (χ4n) is 1.48. The SMILES string of the molecule is CC(C)CCNc1ccc(S(N)(=O)=O)cc1[N+](=O)[O-]. The number of benzene rings is 1. The zero-order chi connectivity index (χ0) is 14.6. The molecule has 0 aliphatic heterocycles. The molecule has 0 saturated carbocycles. The third-order valence-corrected chi connectivity index (χ3v) is 3.44. The predicted molar refractivity (Wildman–Crippen MR) is 72.4 cm³/mol. The molecule has 0 amide bonds. The summed E-state index contributed by atoms with van der Waals surface area (Å²) in [6.45, 7) is 4.66. The number of sulfonamides is 1. The lowest BCUT2D eigenvalue weighted by Crippen LogP contribution is -2.13. The maximum atomic E-state index is 11.2. The van der Waals surface area contributed by atoms with Crippen molar-refractivity contribution < 1.29 is 13.3 Å². The van der Waals surface area contributed by atoms with Gasteiger partial charge in [0.1, 0.15) is 5.69 Å². The van der Waals surface area contributed by atoms with Crippen molar-refractivity contribution in [3.8, 4) is 0 Å². The van der Waals surface area contributed by atoms with Crippen LogP contribution in [0.3, 0.4) is 0 Å². The summed E-state index contributed by atoms with van der Waals surface area (Å²) in [4.78, 5) is 10.0. The number of nitrogens with two attached hydrogens (primary N) is 1. The number of rotatable bonds is 6. The summed E-state index contributed by atoms with van der Waals surface area (Å²) in [6.07, 6.45) is 0.855. The van der Waals surface area contributed by atoms with Crippen molar-refractivity contribution in [1.82, 2.24) is 0 Å². The summed E-state index contributed by atoms with van der Waals surface area (Å²) in [5.74, 6) is 0.468. The van der Waals surface area contributed by atoms with Crippen LogP contribution in [-0.4, -0.2) is 19.9 Å². The zero-order valence-electron chi connectivity index (χ0n) is 10.8. The van der Waals surface area contributed by atoms with E-state index < -0.39 is 14.9 Å². The molecule has 19 heavy (non-hydrogen) atoms. The first kappa shape index (κ1) is 15.4. The maximum Gasteiger partial charge on any atom is 0.293 e. The van der Waals surface area contributed by atoms with Gasteiger partial charge in [-0.3, -0.25) is 10.1 Å². The monoisotopic (exact) mass is 287 g/mol. The Morgan fingerprint density at radius 2 is 2.05 bits per heavy atom. The molecule has 106 valence electrons. The molecule has 1 aromatic carbocycles. The van der Waals surface area contributed by atoms with Gasteiger partial charge in [0, 0.05) is 12.6 Å². The molecule has 0 spiro atoms. The van der Waals surface area contributed by atoms with Crippen molar-refractivity contribution in [1.29, 1.82) is 0 Å². The Morgan fingerprint density at radius 3 is 2.53 bits per heavy atom. The molecule has 0 saturated heterocycles. The molecule has 1 rings (SSSR count). The summed E-state index contributed by atoms with van der Waals surface area (Å²) in [6, 6.07) is 3.57. The van der Waals surface area contributed by atoms with Gasteiger partial charge in [-0.1, -0.05) is 13.8 Å². The van der Waals surface area contributed by atoms with Gasteiger partial charge in [-0.2, -0.15) is 0 Å². The first-order valence-electron chi connectivity index (χ1n) is 5.77. The topological polar surface area (TPSA) is 115 Å². The number of nitrogens with one attached hydrogen (secondary N) is 1. The Labute approximate surface area is 112 Å². The highest BCUT2D eigenvalue weighted by atomic mass is 32.2. The minimum atomic E-state index is -3.94. The second-order valence-electron chi connectivity index (χ2n) is 4.59. The van der Waals surface area contributed by atoms with Crippen LogP contribution in [0.1, 0.15) is 20.3 Å². The van der Waals surface area contributed by atoms with Gasteiger partial charge in [-0.25, -0.2) is 13.6 Å². The lowest BCUT2D eigenvalue weighted by atomic mass is 10.1. The molecular weight excluding hydrogens is 270 g/mol. The molecule has 0 fully saturated rings. The molecule has 1 aromatic rings. The zero-order valence-corrected chi connectivity index (χ0v) is 11.6. The Kier molecular flexibility index (Phi) is 4.84. The van der Waals surface area contributed by atoms with E-state index in [1.165, 1.54) is 12.1 Å². The highest BCUT2D eigenvalue weighted by Gasteiger charge is 2.18. The normalized spacial score (nSPS) is 11.6. The number of nitrogens with zero attached hydrogens (tertiary/aromatic N) is 1. The van der Waals surface area contributed by atoms with Gasteiger partial charge < -0.3 is 5.32 Å². The fourth-order valence-corrected chi connectivity index (χ4v) is 2.02. The van der Waals surface area contributed by atoms with E-state index in [0.29, 0.717) is 12.5 Å². The summed E-state index contributed by atoms with van der Waals surface area (Å²) in [5.41, 5.74) is -0.00617. The quantitative estimate of drug-likeness (QED) is 0.610. The molecular formula is C11H17N3O4S. The summed E-state index contributed by atoms with van der Waals surface area (Å²) in [5, 5.41) is 18.8. The highest BCUT2D eigenvalue weighted by Crippen LogP contribution is 2.27. The van der Waals surface area contributed by atoms with Crippen LogP contribution < -0.4 is 10.5 Å². The van der Waals surface area contributed by atoms with Gasteiger partial charge in [0.2, 0.25) is 10.0 Å². The van der Waals surface area contributed by atoms with Crippen LogP contribution in [0.2, 0.25) is 0 Å². The molecule has 0 heterocycles. The molecule has 0 aliphatic carbocycles. The standard InChI is InChI=1S/C11H17N3O4S/c1-8(2)5-6-13-10-4-3-9(19(12,17)18)7-11(10)14(15)16/h3-4,7-8,13H,5-6H2,1-2H3,(H2,12,17,18). The minimum Gasteiger partial charge on any atom is -0.379 e. The molecule has 0 unspecified atom stereocenters. The molecule has 0 radical (unpaired) electrons. The van der Waals surface area contributed by atoms with E-state index in [-0.39, 0.29) is 16.3 Å². The smallest absolute Gasteiger partial charge is 0.293 e. The van der Waals surface area contributed by atoms with Crippen molar-refractivity contribution in [3.63, 3.8) is 0 Å². The average molecular weight is 287 g/mol. The van der Waals surface area contributed by atoms with E-state index in [9.17, 15) is 18.5 Å². The highest BCUT2D eigenvalue weighted by molar-refractivity contribution is 7.89. The number of hydrogen-bond donors (Lipinski definition) is 2. The van der Waals surface area contributed by atoms with Crippen LogP contribution in [0, 0.1) is 16.0 Å². The molecule has 0 bridgehead atoms. The van der Waals surface area contributed by atoms with Crippen molar-refractivity contribution >= 4 is 21.4 Å². The summed E-state index contributed by atoms with van der Waals surface area (Å²) < 4.78 is 22.3. The van der Waals surface area contributed by atoms with Gasteiger partial charge >= 0.3 is 0 Å². The van der Waals surface area contributed by atoms with Crippen molar-refractivity contribution in [2.45, 2.75) is 25.2 Å². The van der Waals surface area contributed by atoms with E-state index >= 15 is 0 Å².